The summed E-state index contributed by atoms with van der Waals surface area (Å²) < 4.78 is 5.46. The molecule has 1 aliphatic rings. The Kier molecular flexibility index (Phi) is 4.51. The molecule has 5 heteroatoms. The van der Waals surface area contributed by atoms with E-state index in [1.54, 1.807) is 12.1 Å². The van der Waals surface area contributed by atoms with Crippen molar-refractivity contribution in [3.8, 4) is 11.5 Å². The van der Waals surface area contributed by atoms with Crippen molar-refractivity contribution in [3.63, 3.8) is 0 Å². The van der Waals surface area contributed by atoms with E-state index in [1.807, 2.05) is 43.3 Å². The minimum Gasteiger partial charge on any atom is -0.508 e. The van der Waals surface area contributed by atoms with Crippen LogP contribution in [0.3, 0.4) is 0 Å². The Balaban J connectivity index is 1.86. The lowest BCUT2D eigenvalue weighted by molar-refractivity contribution is -0.130. The first-order chi connectivity index (χ1) is 11.6. The molecule has 1 heterocycles. The van der Waals surface area contributed by atoms with Gasteiger partial charge in [-0.2, -0.15) is 5.10 Å². The molecule has 1 amide bonds. The first kappa shape index (κ1) is 16.1. The summed E-state index contributed by atoms with van der Waals surface area (Å²) in [5.74, 6) is 0.922. The average Bonchev–Trinajstić information content (AvgIpc) is 3.02. The highest BCUT2D eigenvalue weighted by molar-refractivity contribution is 6.03. The highest BCUT2D eigenvalue weighted by Gasteiger charge is 2.31. The lowest BCUT2D eigenvalue weighted by atomic mass is 9.98. The standard InChI is InChI=1S/C19H20N2O3/c1-3-24-17-10-6-14(7-11-17)18-12-19(21(20-18)13(2)22)15-4-8-16(23)9-5-15/h4-11,19,23H,3,12H2,1-2H3/t19-/m1/s1. The van der Waals surface area contributed by atoms with Gasteiger partial charge in [-0.25, -0.2) is 5.01 Å². The van der Waals surface area contributed by atoms with E-state index in [0.717, 1.165) is 22.6 Å². The highest BCUT2D eigenvalue weighted by Crippen LogP contribution is 2.33. The van der Waals surface area contributed by atoms with E-state index in [0.29, 0.717) is 13.0 Å². The number of hydrogen-bond donors (Lipinski definition) is 1. The van der Waals surface area contributed by atoms with E-state index >= 15 is 0 Å². The third-order valence-electron chi connectivity index (χ3n) is 4.01. The number of hydrazone groups is 1. The SMILES string of the molecule is CCOc1ccc(C2=NN(C(C)=O)[C@@H](c3ccc(O)cc3)C2)cc1. The molecule has 0 aromatic heterocycles. The Hall–Kier alpha value is -2.82. The Bertz CT molecular complexity index is 751. The molecule has 0 unspecified atom stereocenters. The summed E-state index contributed by atoms with van der Waals surface area (Å²) in [7, 11) is 0. The van der Waals surface area contributed by atoms with Crippen molar-refractivity contribution in [2.75, 3.05) is 6.61 Å². The van der Waals surface area contributed by atoms with Crippen LogP contribution in [0.2, 0.25) is 0 Å². The summed E-state index contributed by atoms with van der Waals surface area (Å²) in [5.41, 5.74) is 2.80. The second-order valence-electron chi connectivity index (χ2n) is 5.68. The number of benzene rings is 2. The molecule has 1 aliphatic heterocycles. The number of ether oxygens (including phenoxy) is 1. The number of rotatable bonds is 4. The van der Waals surface area contributed by atoms with Gasteiger partial charge < -0.3 is 9.84 Å². The molecule has 0 spiro atoms. The molecule has 5 nitrogen and oxygen atoms in total. The molecule has 2 aromatic carbocycles. The van der Waals surface area contributed by atoms with Crippen molar-refractivity contribution >= 4 is 11.6 Å². The first-order valence-electron chi connectivity index (χ1n) is 7.98. The number of aromatic hydroxyl groups is 1. The van der Waals surface area contributed by atoms with Crippen LogP contribution < -0.4 is 4.74 Å². The number of amides is 1. The molecule has 124 valence electrons. The maximum absolute atomic E-state index is 12.0. The number of nitrogens with zero attached hydrogens (tertiary/aromatic N) is 2. The van der Waals surface area contributed by atoms with Gasteiger partial charge in [0.25, 0.3) is 0 Å². The van der Waals surface area contributed by atoms with Gasteiger partial charge in [-0.3, -0.25) is 4.79 Å². The zero-order chi connectivity index (χ0) is 17.1. The summed E-state index contributed by atoms with van der Waals surface area (Å²) in [6, 6.07) is 14.5. The zero-order valence-electron chi connectivity index (χ0n) is 13.8. The van der Waals surface area contributed by atoms with Crippen molar-refractivity contribution in [2.45, 2.75) is 26.3 Å². The molecule has 3 rings (SSSR count). The van der Waals surface area contributed by atoms with Gasteiger partial charge in [-0.05, 0) is 54.4 Å². The quantitative estimate of drug-likeness (QED) is 0.936. The van der Waals surface area contributed by atoms with Crippen LogP contribution in [0.25, 0.3) is 0 Å². The molecule has 24 heavy (non-hydrogen) atoms. The number of carbonyl (C=O) groups excluding carboxylic acids is 1. The smallest absolute Gasteiger partial charge is 0.240 e. The monoisotopic (exact) mass is 324 g/mol. The molecule has 1 N–H and O–H groups in total. The molecule has 2 aromatic rings. The fraction of sp³-hybridized carbons (Fsp3) is 0.263. The maximum atomic E-state index is 12.0. The summed E-state index contributed by atoms with van der Waals surface area (Å²) in [6.45, 7) is 4.08. The maximum Gasteiger partial charge on any atom is 0.240 e. The molecule has 0 saturated heterocycles. The topological polar surface area (TPSA) is 62.1 Å². The predicted octanol–water partition coefficient (Wildman–Crippen LogP) is 3.49. The van der Waals surface area contributed by atoms with E-state index in [1.165, 1.54) is 11.9 Å². The van der Waals surface area contributed by atoms with Gasteiger partial charge in [-0.15, -0.1) is 0 Å². The van der Waals surface area contributed by atoms with Crippen LogP contribution in [0.15, 0.2) is 53.6 Å². The summed E-state index contributed by atoms with van der Waals surface area (Å²) in [6.07, 6.45) is 0.637. The second kappa shape index (κ2) is 6.74. The summed E-state index contributed by atoms with van der Waals surface area (Å²) in [4.78, 5) is 12.0. The van der Waals surface area contributed by atoms with E-state index in [9.17, 15) is 9.90 Å². The van der Waals surface area contributed by atoms with Crippen LogP contribution in [0.5, 0.6) is 11.5 Å². The first-order valence-corrected chi connectivity index (χ1v) is 7.98. The van der Waals surface area contributed by atoms with Gasteiger partial charge in [0.05, 0.1) is 18.4 Å². The van der Waals surface area contributed by atoms with Crippen LogP contribution in [0.4, 0.5) is 0 Å². The number of phenolic OH excluding ortho intramolecular Hbond substituents is 1. The number of carbonyl (C=O) groups is 1. The number of hydrogen-bond acceptors (Lipinski definition) is 4. The van der Waals surface area contributed by atoms with Crippen molar-refractivity contribution in [1.29, 1.82) is 0 Å². The Morgan fingerprint density at radius 3 is 2.46 bits per heavy atom. The number of phenols is 1. The molecular weight excluding hydrogens is 304 g/mol. The molecular formula is C19H20N2O3. The lowest BCUT2D eigenvalue weighted by Crippen LogP contribution is -2.24. The van der Waals surface area contributed by atoms with Gasteiger partial charge in [0, 0.05) is 13.3 Å². The molecule has 0 bridgehead atoms. The Morgan fingerprint density at radius 1 is 1.21 bits per heavy atom. The Morgan fingerprint density at radius 2 is 1.88 bits per heavy atom. The van der Waals surface area contributed by atoms with Crippen LogP contribution in [0.1, 0.15) is 37.4 Å². The zero-order valence-corrected chi connectivity index (χ0v) is 13.8. The molecule has 0 aliphatic carbocycles. The Labute approximate surface area is 141 Å². The third-order valence-corrected chi connectivity index (χ3v) is 4.01. The van der Waals surface area contributed by atoms with Crippen LogP contribution >= 0.6 is 0 Å². The van der Waals surface area contributed by atoms with E-state index in [4.69, 9.17) is 4.74 Å². The lowest BCUT2D eigenvalue weighted by Gasteiger charge is -2.20. The summed E-state index contributed by atoms with van der Waals surface area (Å²) in [5, 5.41) is 15.5. The van der Waals surface area contributed by atoms with Crippen molar-refractivity contribution in [3.05, 3.63) is 59.7 Å². The molecule has 0 saturated carbocycles. The normalized spacial score (nSPS) is 16.8. The molecule has 0 radical (unpaired) electrons. The van der Waals surface area contributed by atoms with Crippen LogP contribution in [-0.4, -0.2) is 28.3 Å². The average molecular weight is 324 g/mol. The summed E-state index contributed by atoms with van der Waals surface area (Å²) >= 11 is 0. The predicted molar refractivity (Wildman–Crippen MR) is 92.1 cm³/mol. The van der Waals surface area contributed by atoms with Gasteiger partial charge in [0.15, 0.2) is 0 Å². The van der Waals surface area contributed by atoms with E-state index < -0.39 is 0 Å². The van der Waals surface area contributed by atoms with Crippen LogP contribution in [0, 0.1) is 0 Å². The van der Waals surface area contributed by atoms with Gasteiger partial charge in [0.1, 0.15) is 11.5 Å². The highest BCUT2D eigenvalue weighted by atomic mass is 16.5. The van der Waals surface area contributed by atoms with Crippen molar-refractivity contribution in [1.82, 2.24) is 5.01 Å². The molecule has 1 atom stereocenters. The largest absolute Gasteiger partial charge is 0.508 e. The van der Waals surface area contributed by atoms with Gasteiger partial charge >= 0.3 is 0 Å². The minimum atomic E-state index is -0.148. The second-order valence-corrected chi connectivity index (χ2v) is 5.68. The van der Waals surface area contributed by atoms with E-state index in [2.05, 4.69) is 5.10 Å². The van der Waals surface area contributed by atoms with Crippen LogP contribution in [-0.2, 0) is 4.79 Å². The van der Waals surface area contributed by atoms with E-state index in [-0.39, 0.29) is 17.7 Å². The van der Waals surface area contributed by atoms with Crippen molar-refractivity contribution in [2.24, 2.45) is 5.10 Å². The van der Waals surface area contributed by atoms with Gasteiger partial charge in [-0.1, -0.05) is 12.1 Å². The minimum absolute atomic E-state index is 0.103. The fourth-order valence-electron chi connectivity index (χ4n) is 2.84. The van der Waals surface area contributed by atoms with Gasteiger partial charge in [0.2, 0.25) is 5.91 Å². The molecule has 0 fully saturated rings. The van der Waals surface area contributed by atoms with Crippen molar-refractivity contribution < 1.29 is 14.6 Å². The third kappa shape index (κ3) is 3.25. The fourth-order valence-corrected chi connectivity index (χ4v) is 2.84.